The van der Waals surface area contributed by atoms with Gasteiger partial charge in [0.25, 0.3) is 11.5 Å². The minimum absolute atomic E-state index is 0.00850. The molecule has 1 aliphatic heterocycles. The predicted octanol–water partition coefficient (Wildman–Crippen LogP) is 3.23. The number of aromatic nitrogens is 2. The molecular formula is C24H26F3N3O4S. The lowest BCUT2D eigenvalue weighted by molar-refractivity contribution is -0.138. The van der Waals surface area contributed by atoms with Crippen molar-refractivity contribution < 1.29 is 23.1 Å². The number of thiophene rings is 1. The summed E-state index contributed by atoms with van der Waals surface area (Å²) >= 11 is 1.00. The Kier molecular flexibility index (Phi) is 6.67. The van der Waals surface area contributed by atoms with Crippen LogP contribution in [0.25, 0.3) is 10.2 Å². The van der Waals surface area contributed by atoms with Gasteiger partial charge < -0.3 is 10.0 Å². The quantitative estimate of drug-likeness (QED) is 0.573. The fraction of sp³-hybridized carbons (Fsp3) is 0.458. The molecule has 1 aromatic carbocycles. The van der Waals surface area contributed by atoms with Gasteiger partial charge in [0.2, 0.25) is 0 Å². The first-order valence-electron chi connectivity index (χ1n) is 11.3. The van der Waals surface area contributed by atoms with Crippen molar-refractivity contribution in [1.82, 2.24) is 14.0 Å². The number of amides is 1. The van der Waals surface area contributed by atoms with Crippen LogP contribution >= 0.6 is 11.3 Å². The van der Waals surface area contributed by atoms with Gasteiger partial charge in [0.1, 0.15) is 4.83 Å². The van der Waals surface area contributed by atoms with Crippen molar-refractivity contribution in [2.75, 3.05) is 13.1 Å². The number of carbonyl (C=O) groups excluding carboxylic acids is 1. The first-order chi connectivity index (χ1) is 16.4. The molecule has 3 aromatic rings. The molecule has 4 rings (SSSR count). The summed E-state index contributed by atoms with van der Waals surface area (Å²) in [4.78, 5) is 41.7. The summed E-state index contributed by atoms with van der Waals surface area (Å²) in [5.74, 6) is -0.489. The Hall–Kier alpha value is -2.92. The zero-order valence-corrected chi connectivity index (χ0v) is 20.4. The van der Waals surface area contributed by atoms with E-state index in [4.69, 9.17) is 0 Å². The summed E-state index contributed by atoms with van der Waals surface area (Å²) < 4.78 is 43.4. The van der Waals surface area contributed by atoms with Gasteiger partial charge in [0.05, 0.1) is 22.6 Å². The molecule has 1 saturated heterocycles. The maximum Gasteiger partial charge on any atom is 0.416 e. The molecule has 0 bridgehead atoms. The highest BCUT2D eigenvalue weighted by molar-refractivity contribution is 7.19. The largest absolute Gasteiger partial charge is 0.416 e. The molecule has 35 heavy (non-hydrogen) atoms. The van der Waals surface area contributed by atoms with E-state index in [2.05, 4.69) is 0 Å². The van der Waals surface area contributed by atoms with Crippen LogP contribution in [0.3, 0.4) is 0 Å². The molecule has 1 amide bonds. The summed E-state index contributed by atoms with van der Waals surface area (Å²) in [6.45, 7) is 4.41. The number of rotatable bonds is 5. The van der Waals surface area contributed by atoms with Crippen LogP contribution in [0.2, 0.25) is 0 Å². The third-order valence-electron chi connectivity index (χ3n) is 6.13. The number of β-amino-alcohol motifs (C(OH)–C–C–N with tert-alkyl or cyclic N) is 1. The second kappa shape index (κ2) is 9.27. The van der Waals surface area contributed by atoms with E-state index < -0.39 is 35.0 Å². The number of aliphatic hydroxyl groups is 1. The Morgan fingerprint density at radius 2 is 1.91 bits per heavy atom. The first kappa shape index (κ1) is 25.2. The number of aliphatic hydroxyl groups excluding tert-OH is 1. The summed E-state index contributed by atoms with van der Waals surface area (Å²) in [5.41, 5.74) is -2.05. The lowest BCUT2D eigenvalue weighted by Crippen LogP contribution is -2.39. The molecule has 0 radical (unpaired) electrons. The number of hydrogen-bond acceptors (Lipinski definition) is 5. The highest BCUT2D eigenvalue weighted by Gasteiger charge is 2.35. The second-order valence-corrected chi connectivity index (χ2v) is 10.3. The maximum atomic E-state index is 13.7. The summed E-state index contributed by atoms with van der Waals surface area (Å²) in [7, 11) is 1.32. The molecule has 188 valence electrons. The van der Waals surface area contributed by atoms with Gasteiger partial charge >= 0.3 is 11.9 Å². The molecule has 11 heteroatoms. The van der Waals surface area contributed by atoms with Crippen molar-refractivity contribution in [2.24, 2.45) is 13.0 Å². The smallest absolute Gasteiger partial charge is 0.391 e. The molecule has 7 nitrogen and oxygen atoms in total. The van der Waals surface area contributed by atoms with Gasteiger partial charge in [-0.15, -0.1) is 11.3 Å². The minimum atomic E-state index is -4.59. The van der Waals surface area contributed by atoms with E-state index >= 15 is 0 Å². The number of halogens is 3. The van der Waals surface area contributed by atoms with Gasteiger partial charge in [-0.1, -0.05) is 32.0 Å². The van der Waals surface area contributed by atoms with E-state index in [1.165, 1.54) is 34.7 Å². The van der Waals surface area contributed by atoms with Crippen molar-refractivity contribution in [3.63, 3.8) is 0 Å². The third-order valence-corrected chi connectivity index (χ3v) is 7.34. The van der Waals surface area contributed by atoms with Crippen LogP contribution in [0.5, 0.6) is 0 Å². The number of benzene rings is 1. The predicted molar refractivity (Wildman–Crippen MR) is 127 cm³/mol. The fourth-order valence-corrected chi connectivity index (χ4v) is 5.77. The van der Waals surface area contributed by atoms with Crippen molar-refractivity contribution in [3.8, 4) is 0 Å². The van der Waals surface area contributed by atoms with Gasteiger partial charge in [0.15, 0.2) is 0 Å². The van der Waals surface area contributed by atoms with Crippen molar-refractivity contribution >= 4 is 27.5 Å². The monoisotopic (exact) mass is 509 g/mol. The molecule has 0 spiro atoms. The topological polar surface area (TPSA) is 84.5 Å². The number of alkyl halides is 3. The first-order valence-corrected chi connectivity index (χ1v) is 12.1. The van der Waals surface area contributed by atoms with Crippen LogP contribution in [0.4, 0.5) is 13.2 Å². The molecule has 3 heterocycles. The van der Waals surface area contributed by atoms with Crippen LogP contribution < -0.4 is 11.2 Å². The van der Waals surface area contributed by atoms with Gasteiger partial charge in [0, 0.05) is 38.0 Å². The molecular weight excluding hydrogens is 483 g/mol. The molecule has 1 atom stereocenters. The summed E-state index contributed by atoms with van der Waals surface area (Å²) in [5, 5.41) is 9.97. The normalized spacial score (nSPS) is 16.6. The Morgan fingerprint density at radius 3 is 2.51 bits per heavy atom. The number of likely N-dealkylation sites (tertiary alicyclic amines) is 1. The SMILES string of the molecule is CC(C)Cn1c(=O)n(C)c(=O)c2c(C(=O)N3CC[C@@H](O)C3)c(Cc3ccccc3C(F)(F)F)sc21. The van der Waals surface area contributed by atoms with Crippen LogP contribution in [-0.2, 0) is 26.2 Å². The average Bonchev–Trinajstić information content (AvgIpc) is 3.38. The minimum Gasteiger partial charge on any atom is -0.391 e. The molecule has 0 saturated carbocycles. The van der Waals surface area contributed by atoms with E-state index in [0.29, 0.717) is 6.42 Å². The third kappa shape index (κ3) is 4.66. The number of carbonyl (C=O) groups is 1. The summed E-state index contributed by atoms with van der Waals surface area (Å²) in [6, 6.07) is 5.12. The Morgan fingerprint density at radius 1 is 1.23 bits per heavy atom. The standard InChI is InChI=1S/C24H26F3N3O4S/c1-13(2)11-30-22-19(20(32)28(3)23(30)34)18(21(33)29-9-8-15(31)12-29)17(35-22)10-14-6-4-5-7-16(14)24(25,26)27/h4-7,13,15,31H,8-12H2,1-3H3/t15-/m1/s1. The lowest BCUT2D eigenvalue weighted by atomic mass is 10.0. The van der Waals surface area contributed by atoms with E-state index in [1.54, 1.807) is 0 Å². The second-order valence-electron chi connectivity index (χ2n) is 9.26. The van der Waals surface area contributed by atoms with Gasteiger partial charge in [-0.3, -0.25) is 18.7 Å². The van der Waals surface area contributed by atoms with Crippen molar-refractivity contribution in [3.05, 3.63) is 66.7 Å². The van der Waals surface area contributed by atoms with Crippen molar-refractivity contribution in [2.45, 2.75) is 45.5 Å². The van der Waals surface area contributed by atoms with Gasteiger partial charge in [-0.2, -0.15) is 13.2 Å². The maximum absolute atomic E-state index is 13.7. The highest BCUT2D eigenvalue weighted by atomic mass is 32.1. The Balaban J connectivity index is 2.00. The van der Waals surface area contributed by atoms with Gasteiger partial charge in [-0.25, -0.2) is 4.79 Å². The molecule has 0 aliphatic carbocycles. The van der Waals surface area contributed by atoms with E-state index in [9.17, 15) is 32.7 Å². The van der Waals surface area contributed by atoms with Crippen molar-refractivity contribution in [1.29, 1.82) is 0 Å². The van der Waals surface area contributed by atoms with Crippen LogP contribution in [-0.4, -0.2) is 44.2 Å². The summed E-state index contributed by atoms with van der Waals surface area (Å²) in [6.07, 6.45) is -5.16. The van der Waals surface area contributed by atoms with Crippen LogP contribution in [0.15, 0.2) is 33.9 Å². The fourth-order valence-electron chi connectivity index (χ4n) is 4.46. The van der Waals surface area contributed by atoms with Crippen LogP contribution in [0.1, 0.15) is 46.6 Å². The van der Waals surface area contributed by atoms with E-state index in [-0.39, 0.29) is 58.2 Å². The van der Waals surface area contributed by atoms with Gasteiger partial charge in [-0.05, 0) is 24.0 Å². The highest BCUT2D eigenvalue weighted by Crippen LogP contribution is 2.37. The molecule has 1 aliphatic rings. The molecule has 1 fully saturated rings. The average molecular weight is 510 g/mol. The van der Waals surface area contributed by atoms with Crippen LogP contribution in [0, 0.1) is 5.92 Å². The molecule has 2 aromatic heterocycles. The molecule has 1 N–H and O–H groups in total. The Bertz CT molecular complexity index is 1400. The number of hydrogen-bond donors (Lipinski definition) is 1. The molecule has 0 unspecified atom stereocenters. The Labute approximate surface area is 203 Å². The number of fused-ring (bicyclic) bond motifs is 1. The lowest BCUT2D eigenvalue weighted by Gasteiger charge is -2.17. The zero-order valence-electron chi connectivity index (χ0n) is 19.6. The van der Waals surface area contributed by atoms with E-state index in [1.807, 2.05) is 13.8 Å². The number of nitrogens with zero attached hydrogens (tertiary/aromatic N) is 3. The van der Waals surface area contributed by atoms with E-state index in [0.717, 1.165) is 22.0 Å². The zero-order chi connectivity index (χ0) is 25.7.